The van der Waals surface area contributed by atoms with Crippen molar-refractivity contribution >= 4 is 23.5 Å². The van der Waals surface area contributed by atoms with E-state index in [1.54, 1.807) is 17.9 Å². The van der Waals surface area contributed by atoms with E-state index in [0.717, 1.165) is 11.1 Å². The first kappa shape index (κ1) is 24.2. The molecule has 4 N–H and O–H groups in total. The summed E-state index contributed by atoms with van der Waals surface area (Å²) in [6.07, 6.45) is 0.0992. The van der Waals surface area contributed by atoms with Gasteiger partial charge in [0.2, 0.25) is 11.8 Å². The highest BCUT2D eigenvalue weighted by Crippen LogP contribution is 2.20. The Hall–Kier alpha value is -3.46. The third kappa shape index (κ3) is 6.76. The average molecular weight is 456 g/mol. The largest absolute Gasteiger partial charge is 0.352 e. The molecule has 1 heterocycles. The molecule has 2 aromatic rings. The summed E-state index contributed by atoms with van der Waals surface area (Å²) >= 11 is 0. The Balaban J connectivity index is 1.55. The summed E-state index contributed by atoms with van der Waals surface area (Å²) in [4.78, 5) is 40.7. The number of halogens is 1. The van der Waals surface area contributed by atoms with Gasteiger partial charge in [-0.3, -0.25) is 14.5 Å². The third-order valence-electron chi connectivity index (χ3n) is 5.83. The lowest BCUT2D eigenvalue weighted by Gasteiger charge is -2.38. The lowest BCUT2D eigenvalue weighted by molar-refractivity contribution is -0.134. The lowest BCUT2D eigenvalue weighted by atomic mass is 10.0. The number of hydrogen-bond donors (Lipinski definition) is 3. The summed E-state index contributed by atoms with van der Waals surface area (Å²) < 4.78 is 13.4. The van der Waals surface area contributed by atoms with Gasteiger partial charge in [0.15, 0.2) is 0 Å². The molecule has 0 bridgehead atoms. The van der Waals surface area contributed by atoms with E-state index in [2.05, 4.69) is 10.6 Å². The van der Waals surface area contributed by atoms with Gasteiger partial charge in [-0.25, -0.2) is 9.18 Å². The average Bonchev–Trinajstić information content (AvgIpc) is 2.78. The second-order valence-electron chi connectivity index (χ2n) is 8.27. The molecule has 2 aromatic carbocycles. The molecule has 1 saturated heterocycles. The molecule has 0 spiro atoms. The van der Waals surface area contributed by atoms with Crippen molar-refractivity contribution < 1.29 is 18.8 Å². The summed E-state index contributed by atoms with van der Waals surface area (Å²) in [5.74, 6) is -0.736. The number of benzene rings is 2. The van der Waals surface area contributed by atoms with Crippen LogP contribution in [0, 0.1) is 12.7 Å². The first-order valence-electron chi connectivity index (χ1n) is 10.9. The van der Waals surface area contributed by atoms with Gasteiger partial charge in [-0.2, -0.15) is 0 Å². The van der Waals surface area contributed by atoms with Crippen LogP contribution in [-0.2, 0) is 9.59 Å². The van der Waals surface area contributed by atoms with Crippen molar-refractivity contribution in [1.29, 1.82) is 0 Å². The van der Waals surface area contributed by atoms with Crippen LogP contribution in [0.15, 0.2) is 48.5 Å². The zero-order valence-electron chi connectivity index (χ0n) is 18.9. The van der Waals surface area contributed by atoms with Crippen molar-refractivity contribution in [3.63, 3.8) is 0 Å². The highest BCUT2D eigenvalue weighted by molar-refractivity contribution is 5.94. The number of primary amides is 1. The molecule has 9 heteroatoms. The number of piperazine rings is 1. The van der Waals surface area contributed by atoms with E-state index in [9.17, 15) is 18.8 Å². The van der Waals surface area contributed by atoms with Crippen molar-refractivity contribution in [2.75, 3.05) is 31.5 Å². The molecule has 0 saturated carbocycles. The molecule has 0 aliphatic carbocycles. The summed E-state index contributed by atoms with van der Waals surface area (Å²) in [7, 11) is 0. The SMILES string of the molecule is Cc1cccc(C(CC(=O)N2CCN(C(C)C(=O)Nc3cccc(F)c3)CC2)NC(N)=O)c1. The number of aryl methyl sites for hydroxylation is 1. The van der Waals surface area contributed by atoms with E-state index >= 15 is 0 Å². The van der Waals surface area contributed by atoms with E-state index in [1.807, 2.05) is 36.1 Å². The zero-order chi connectivity index (χ0) is 24.0. The maximum absolute atomic E-state index is 13.4. The fraction of sp³-hybridized carbons (Fsp3) is 0.375. The molecule has 8 nitrogen and oxygen atoms in total. The summed E-state index contributed by atoms with van der Waals surface area (Å²) in [5.41, 5.74) is 7.58. The minimum atomic E-state index is -0.683. The minimum Gasteiger partial charge on any atom is -0.352 e. The van der Waals surface area contributed by atoms with Crippen LogP contribution in [-0.4, -0.2) is 59.9 Å². The van der Waals surface area contributed by atoms with Gasteiger partial charge in [-0.15, -0.1) is 0 Å². The predicted octanol–water partition coefficient (Wildman–Crippen LogP) is 2.41. The van der Waals surface area contributed by atoms with Gasteiger partial charge < -0.3 is 21.3 Å². The lowest BCUT2D eigenvalue weighted by Crippen LogP contribution is -2.54. The van der Waals surface area contributed by atoms with Crippen molar-refractivity contribution in [3.05, 3.63) is 65.5 Å². The Morgan fingerprint density at radius 2 is 1.76 bits per heavy atom. The number of carbonyl (C=O) groups is 3. The highest BCUT2D eigenvalue weighted by atomic mass is 19.1. The fourth-order valence-corrected chi connectivity index (χ4v) is 3.95. The molecular formula is C24H30FN5O3. The molecule has 2 atom stereocenters. The Bertz CT molecular complexity index is 1010. The van der Waals surface area contributed by atoms with Crippen molar-refractivity contribution in [2.45, 2.75) is 32.4 Å². The number of anilines is 1. The van der Waals surface area contributed by atoms with Crippen LogP contribution in [0.1, 0.15) is 30.5 Å². The van der Waals surface area contributed by atoms with Gasteiger partial charge in [0, 0.05) is 31.9 Å². The maximum atomic E-state index is 13.4. The van der Waals surface area contributed by atoms with Crippen LogP contribution in [0.5, 0.6) is 0 Å². The minimum absolute atomic E-state index is 0.0910. The molecular weight excluding hydrogens is 425 g/mol. The van der Waals surface area contributed by atoms with Crippen LogP contribution in [0.4, 0.5) is 14.9 Å². The molecule has 2 unspecified atom stereocenters. The van der Waals surface area contributed by atoms with Gasteiger partial charge in [-0.05, 0) is 37.6 Å². The van der Waals surface area contributed by atoms with Crippen molar-refractivity contribution in [2.24, 2.45) is 5.73 Å². The summed E-state index contributed by atoms with van der Waals surface area (Å²) in [6, 6.07) is 11.7. The monoisotopic (exact) mass is 455 g/mol. The summed E-state index contributed by atoms with van der Waals surface area (Å²) in [6.45, 7) is 5.72. The second-order valence-corrected chi connectivity index (χ2v) is 8.27. The second kappa shape index (κ2) is 10.9. The topological polar surface area (TPSA) is 108 Å². The van der Waals surface area contributed by atoms with Gasteiger partial charge >= 0.3 is 6.03 Å². The van der Waals surface area contributed by atoms with Crippen LogP contribution in [0.25, 0.3) is 0 Å². The number of rotatable bonds is 7. The summed E-state index contributed by atoms with van der Waals surface area (Å²) in [5, 5.41) is 5.39. The smallest absolute Gasteiger partial charge is 0.312 e. The number of nitrogens with two attached hydrogens (primary N) is 1. The number of nitrogens with one attached hydrogen (secondary N) is 2. The number of nitrogens with zero attached hydrogens (tertiary/aromatic N) is 2. The molecule has 33 heavy (non-hydrogen) atoms. The van der Waals surface area contributed by atoms with Crippen LogP contribution in [0.3, 0.4) is 0 Å². The van der Waals surface area contributed by atoms with Gasteiger partial charge in [0.1, 0.15) is 5.82 Å². The molecule has 1 aliphatic rings. The Labute approximate surface area is 192 Å². The molecule has 0 radical (unpaired) electrons. The van der Waals surface area contributed by atoms with E-state index < -0.39 is 23.9 Å². The third-order valence-corrected chi connectivity index (χ3v) is 5.83. The van der Waals surface area contributed by atoms with E-state index in [0.29, 0.717) is 31.9 Å². The predicted molar refractivity (Wildman–Crippen MR) is 124 cm³/mol. The first-order valence-corrected chi connectivity index (χ1v) is 10.9. The van der Waals surface area contributed by atoms with Crippen LogP contribution >= 0.6 is 0 Å². The molecule has 1 aliphatic heterocycles. The Kier molecular flexibility index (Phi) is 8.00. The molecule has 4 amide bonds. The Morgan fingerprint density at radius 1 is 1.06 bits per heavy atom. The molecule has 1 fully saturated rings. The number of hydrogen-bond acceptors (Lipinski definition) is 4. The molecule has 0 aromatic heterocycles. The van der Waals surface area contributed by atoms with Gasteiger partial charge in [0.25, 0.3) is 0 Å². The zero-order valence-corrected chi connectivity index (χ0v) is 18.9. The standard InChI is InChI=1S/C24H30FN5O3/c1-16-5-3-6-18(13-16)21(28-24(26)33)15-22(31)30-11-9-29(10-12-30)17(2)23(32)27-20-8-4-7-19(25)14-20/h3-8,13-14,17,21H,9-12,15H2,1-2H3,(H,27,32)(H3,26,28,33). The van der Waals surface area contributed by atoms with E-state index in [1.165, 1.54) is 18.2 Å². The molecule has 176 valence electrons. The van der Waals surface area contributed by atoms with Gasteiger partial charge in [-0.1, -0.05) is 35.9 Å². The maximum Gasteiger partial charge on any atom is 0.312 e. The van der Waals surface area contributed by atoms with Gasteiger partial charge in [0.05, 0.1) is 18.5 Å². The number of urea groups is 1. The number of carbonyl (C=O) groups excluding carboxylic acids is 3. The fourth-order valence-electron chi connectivity index (χ4n) is 3.95. The highest BCUT2D eigenvalue weighted by Gasteiger charge is 2.29. The number of amides is 4. The molecule has 3 rings (SSSR count). The normalized spacial score (nSPS) is 16.0. The Morgan fingerprint density at radius 3 is 2.39 bits per heavy atom. The first-order chi connectivity index (χ1) is 15.7. The van der Waals surface area contributed by atoms with E-state index in [-0.39, 0.29) is 18.2 Å². The van der Waals surface area contributed by atoms with Crippen LogP contribution < -0.4 is 16.4 Å². The van der Waals surface area contributed by atoms with E-state index in [4.69, 9.17) is 5.73 Å². The quantitative estimate of drug-likeness (QED) is 0.596. The van der Waals surface area contributed by atoms with Crippen molar-refractivity contribution in [3.8, 4) is 0 Å². The van der Waals surface area contributed by atoms with Crippen LogP contribution in [0.2, 0.25) is 0 Å². The van der Waals surface area contributed by atoms with Crippen molar-refractivity contribution in [1.82, 2.24) is 15.1 Å².